The van der Waals surface area contributed by atoms with Crippen LogP contribution in [-0.2, 0) is 9.53 Å². The molecule has 2 aromatic rings. The second-order valence-electron chi connectivity index (χ2n) is 4.04. The van der Waals surface area contributed by atoms with Crippen LogP contribution in [0.1, 0.15) is 17.2 Å². The van der Waals surface area contributed by atoms with Crippen LogP contribution in [0.15, 0.2) is 36.5 Å². The summed E-state index contributed by atoms with van der Waals surface area (Å²) in [6, 6.07) is 9.18. The van der Waals surface area contributed by atoms with Crippen LogP contribution in [0.4, 0.5) is 5.82 Å². The Bertz CT molecular complexity index is 612. The number of benzene rings is 1. The van der Waals surface area contributed by atoms with Crippen LogP contribution in [0.2, 0.25) is 0 Å². The van der Waals surface area contributed by atoms with Gasteiger partial charge in [0, 0.05) is 7.11 Å². The van der Waals surface area contributed by atoms with Crippen LogP contribution in [0, 0.1) is 0 Å². The molecule has 0 spiro atoms. The minimum atomic E-state index is -0.723. The molecular formula is C13H14N4O2S. The summed E-state index contributed by atoms with van der Waals surface area (Å²) in [5.41, 5.74) is 6.78. The van der Waals surface area contributed by atoms with E-state index in [4.69, 9.17) is 22.7 Å². The Morgan fingerprint density at radius 1 is 1.45 bits per heavy atom. The molecule has 0 aliphatic rings. The molecule has 0 radical (unpaired) electrons. The first-order valence-electron chi connectivity index (χ1n) is 5.85. The van der Waals surface area contributed by atoms with E-state index in [2.05, 4.69) is 15.5 Å². The molecule has 1 unspecified atom stereocenters. The van der Waals surface area contributed by atoms with Crippen molar-refractivity contribution in [3.8, 4) is 0 Å². The summed E-state index contributed by atoms with van der Waals surface area (Å²) in [5, 5.41) is 9.12. The van der Waals surface area contributed by atoms with Crippen molar-refractivity contribution in [1.82, 2.24) is 10.2 Å². The lowest BCUT2D eigenvalue weighted by atomic mass is 10.1. The summed E-state index contributed by atoms with van der Waals surface area (Å²) >= 11 is 4.88. The fourth-order valence-electron chi connectivity index (χ4n) is 1.78. The number of aromatic nitrogens is 2. The van der Waals surface area contributed by atoms with E-state index in [-0.39, 0.29) is 10.9 Å². The largest absolute Gasteiger partial charge is 0.389 e. The van der Waals surface area contributed by atoms with E-state index < -0.39 is 6.10 Å². The molecule has 4 N–H and O–H groups in total. The van der Waals surface area contributed by atoms with Crippen LogP contribution in [0.25, 0.3) is 0 Å². The molecule has 7 heteroatoms. The number of H-pyrrole nitrogens is 1. The lowest BCUT2D eigenvalue weighted by Gasteiger charge is -2.15. The molecule has 0 aliphatic heterocycles. The first-order valence-corrected chi connectivity index (χ1v) is 6.26. The highest BCUT2D eigenvalue weighted by atomic mass is 32.1. The van der Waals surface area contributed by atoms with Gasteiger partial charge < -0.3 is 15.8 Å². The number of hydrogen-bond acceptors (Lipinski definition) is 4. The van der Waals surface area contributed by atoms with Crippen molar-refractivity contribution in [3.63, 3.8) is 0 Å². The van der Waals surface area contributed by atoms with Crippen molar-refractivity contribution < 1.29 is 9.53 Å². The predicted molar refractivity (Wildman–Crippen MR) is 79.3 cm³/mol. The number of carbonyl (C=O) groups is 1. The smallest absolute Gasteiger partial charge is 0.259 e. The average molecular weight is 290 g/mol. The Hall–Kier alpha value is -2.25. The van der Waals surface area contributed by atoms with Crippen molar-refractivity contribution in [3.05, 3.63) is 47.7 Å². The summed E-state index contributed by atoms with van der Waals surface area (Å²) in [5.74, 6) is 0.0286. The number of nitrogens with zero attached hydrogens (tertiary/aromatic N) is 1. The van der Waals surface area contributed by atoms with E-state index in [0.29, 0.717) is 11.4 Å². The third-order valence-electron chi connectivity index (χ3n) is 2.73. The monoisotopic (exact) mass is 290 g/mol. The summed E-state index contributed by atoms with van der Waals surface area (Å²) < 4.78 is 5.24. The highest BCUT2D eigenvalue weighted by Crippen LogP contribution is 2.19. The SMILES string of the molecule is COC(C(=O)Nc1[nH]ncc1C(N)=S)c1ccccc1. The molecule has 1 aromatic carbocycles. The molecule has 0 saturated heterocycles. The topological polar surface area (TPSA) is 93.0 Å². The lowest BCUT2D eigenvalue weighted by Crippen LogP contribution is -2.24. The van der Waals surface area contributed by atoms with E-state index in [1.165, 1.54) is 13.3 Å². The van der Waals surface area contributed by atoms with Crippen molar-refractivity contribution >= 4 is 28.9 Å². The van der Waals surface area contributed by atoms with Gasteiger partial charge in [0.1, 0.15) is 10.8 Å². The molecule has 1 amide bonds. The number of methoxy groups -OCH3 is 1. The highest BCUT2D eigenvalue weighted by molar-refractivity contribution is 7.80. The number of rotatable bonds is 5. The van der Waals surface area contributed by atoms with Gasteiger partial charge in [0.05, 0.1) is 11.8 Å². The molecular weight excluding hydrogens is 276 g/mol. The zero-order chi connectivity index (χ0) is 14.5. The minimum absolute atomic E-state index is 0.155. The molecule has 0 aliphatic carbocycles. The van der Waals surface area contributed by atoms with Gasteiger partial charge in [-0.15, -0.1) is 0 Å². The molecule has 0 saturated carbocycles. The fraction of sp³-hybridized carbons (Fsp3) is 0.154. The summed E-state index contributed by atoms with van der Waals surface area (Å²) in [4.78, 5) is 12.4. The number of aromatic amines is 1. The van der Waals surface area contributed by atoms with Gasteiger partial charge in [0.2, 0.25) is 0 Å². The van der Waals surface area contributed by atoms with Gasteiger partial charge in [0.25, 0.3) is 5.91 Å². The maximum atomic E-state index is 12.2. The lowest BCUT2D eigenvalue weighted by molar-refractivity contribution is -0.126. The number of nitrogens with two attached hydrogens (primary N) is 1. The molecule has 104 valence electrons. The average Bonchev–Trinajstić information content (AvgIpc) is 2.89. The van der Waals surface area contributed by atoms with Gasteiger partial charge >= 0.3 is 0 Å². The molecule has 20 heavy (non-hydrogen) atoms. The van der Waals surface area contributed by atoms with Gasteiger partial charge in [-0.25, -0.2) is 0 Å². The fourth-order valence-corrected chi connectivity index (χ4v) is 1.93. The normalized spacial score (nSPS) is 11.8. The van der Waals surface area contributed by atoms with E-state index in [1.54, 1.807) is 0 Å². The van der Waals surface area contributed by atoms with Gasteiger partial charge in [0.15, 0.2) is 6.10 Å². The molecule has 1 aromatic heterocycles. The molecule has 0 bridgehead atoms. The number of thiocarbonyl (C=S) groups is 1. The van der Waals surface area contributed by atoms with E-state index in [9.17, 15) is 4.79 Å². The summed E-state index contributed by atoms with van der Waals surface area (Å²) in [6.45, 7) is 0. The Labute approximate surface area is 121 Å². The van der Waals surface area contributed by atoms with E-state index in [0.717, 1.165) is 5.56 Å². The first kappa shape index (κ1) is 14.2. The number of ether oxygens (including phenoxy) is 1. The molecule has 2 rings (SSSR count). The number of nitrogens with one attached hydrogen (secondary N) is 2. The zero-order valence-electron chi connectivity index (χ0n) is 10.8. The Balaban J connectivity index is 2.18. The molecule has 6 nitrogen and oxygen atoms in total. The maximum Gasteiger partial charge on any atom is 0.259 e. The van der Waals surface area contributed by atoms with Crippen LogP contribution in [-0.4, -0.2) is 28.2 Å². The maximum absolute atomic E-state index is 12.2. The third kappa shape index (κ3) is 3.01. The molecule has 0 fully saturated rings. The van der Waals surface area contributed by atoms with Gasteiger partial charge in [-0.3, -0.25) is 9.89 Å². The summed E-state index contributed by atoms with van der Waals surface area (Å²) in [7, 11) is 1.47. The van der Waals surface area contributed by atoms with Crippen LogP contribution in [0.3, 0.4) is 0 Å². The number of anilines is 1. The van der Waals surface area contributed by atoms with Crippen molar-refractivity contribution in [1.29, 1.82) is 0 Å². The van der Waals surface area contributed by atoms with Gasteiger partial charge in [-0.05, 0) is 5.56 Å². The molecule has 1 atom stereocenters. The summed E-state index contributed by atoms with van der Waals surface area (Å²) in [6.07, 6.45) is 0.737. The van der Waals surface area contributed by atoms with Crippen molar-refractivity contribution in [2.45, 2.75) is 6.10 Å². The molecule has 1 heterocycles. The Kier molecular flexibility index (Phi) is 4.44. The highest BCUT2D eigenvalue weighted by Gasteiger charge is 2.21. The zero-order valence-corrected chi connectivity index (χ0v) is 11.6. The predicted octanol–water partition coefficient (Wildman–Crippen LogP) is 1.37. The van der Waals surface area contributed by atoms with Crippen LogP contribution >= 0.6 is 12.2 Å². The minimum Gasteiger partial charge on any atom is -0.389 e. The Morgan fingerprint density at radius 2 is 2.15 bits per heavy atom. The second-order valence-corrected chi connectivity index (χ2v) is 4.48. The first-order chi connectivity index (χ1) is 9.63. The standard InChI is InChI=1S/C13H14N4O2S/c1-19-10(8-5-3-2-4-6-8)13(18)16-12-9(11(14)20)7-15-17-12/h2-7,10H,1H3,(H2,14,20)(H2,15,16,17,18). The number of hydrogen-bond donors (Lipinski definition) is 3. The van der Waals surface area contributed by atoms with Crippen LogP contribution < -0.4 is 11.1 Å². The quantitative estimate of drug-likeness (QED) is 0.723. The van der Waals surface area contributed by atoms with Crippen molar-refractivity contribution in [2.24, 2.45) is 5.73 Å². The van der Waals surface area contributed by atoms with E-state index >= 15 is 0 Å². The Morgan fingerprint density at radius 3 is 2.75 bits per heavy atom. The van der Waals surface area contributed by atoms with Crippen molar-refractivity contribution in [2.75, 3.05) is 12.4 Å². The number of amides is 1. The van der Waals surface area contributed by atoms with Gasteiger partial charge in [-0.1, -0.05) is 42.5 Å². The second kappa shape index (κ2) is 6.27. The third-order valence-corrected chi connectivity index (χ3v) is 2.95. The van der Waals surface area contributed by atoms with E-state index in [1.807, 2.05) is 30.3 Å². The van der Waals surface area contributed by atoms with Crippen LogP contribution in [0.5, 0.6) is 0 Å². The number of carbonyl (C=O) groups excluding carboxylic acids is 1. The van der Waals surface area contributed by atoms with Gasteiger partial charge in [-0.2, -0.15) is 5.10 Å².